The second-order valence-electron chi connectivity index (χ2n) is 6.14. The van der Waals surface area contributed by atoms with Crippen molar-refractivity contribution in [3.63, 3.8) is 0 Å². The molecule has 3 rings (SSSR count). The van der Waals surface area contributed by atoms with Gasteiger partial charge >= 0.3 is 12.1 Å². The largest absolute Gasteiger partial charge is 0.457 e. The molecule has 7 heteroatoms. The number of rotatable bonds is 5. The molecule has 0 heterocycles. The van der Waals surface area contributed by atoms with Crippen molar-refractivity contribution in [2.75, 3.05) is 6.61 Å². The number of Topliss-reactive ketones (excluding diaryl/α,β-unsaturated/α-hetero) is 1. The number of carbonyl (C=O) groups excluding carboxylic acids is 2. The van der Waals surface area contributed by atoms with Gasteiger partial charge in [0, 0.05) is 16.0 Å². The number of esters is 1. The smallest absolute Gasteiger partial charge is 0.405 e. The molecule has 1 saturated carbocycles. The number of benzene rings is 2. The molecule has 3 nitrogen and oxygen atoms in total. The lowest BCUT2D eigenvalue weighted by atomic mass is 9.98. The average Bonchev–Trinajstić information content (AvgIpc) is 3.38. The van der Waals surface area contributed by atoms with Gasteiger partial charge in [-0.05, 0) is 24.1 Å². The van der Waals surface area contributed by atoms with Gasteiger partial charge in [-0.15, -0.1) is 0 Å². The number of ether oxygens (including phenoxy) is 1. The van der Waals surface area contributed by atoms with Crippen molar-refractivity contribution < 1.29 is 27.5 Å². The minimum absolute atomic E-state index is 0.262. The molecule has 1 aliphatic rings. The van der Waals surface area contributed by atoms with Crippen molar-refractivity contribution in [3.8, 4) is 0 Å². The fourth-order valence-corrected chi connectivity index (χ4v) is 3.25. The van der Waals surface area contributed by atoms with Gasteiger partial charge in [-0.3, -0.25) is 9.59 Å². The third-order valence-electron chi connectivity index (χ3n) is 4.53. The molecule has 0 unspecified atom stereocenters. The first kappa shape index (κ1) is 18.6. The zero-order chi connectivity index (χ0) is 18.9. The topological polar surface area (TPSA) is 43.4 Å². The Labute approximate surface area is 156 Å². The first-order valence-corrected chi connectivity index (χ1v) is 8.62. The van der Waals surface area contributed by atoms with Crippen molar-refractivity contribution in [2.45, 2.75) is 18.5 Å². The molecule has 0 bridgehead atoms. The van der Waals surface area contributed by atoms with Gasteiger partial charge in [0.25, 0.3) is 0 Å². The number of halogens is 4. The molecule has 26 heavy (non-hydrogen) atoms. The van der Waals surface area contributed by atoms with Crippen LogP contribution in [0.1, 0.15) is 28.3 Å². The third-order valence-corrected chi connectivity index (χ3v) is 5.06. The second kappa shape index (κ2) is 6.87. The highest BCUT2D eigenvalue weighted by molar-refractivity contribution is 9.10. The zero-order valence-electron chi connectivity index (χ0n) is 13.4. The molecule has 2 aromatic rings. The Morgan fingerprint density at radius 1 is 1.08 bits per heavy atom. The van der Waals surface area contributed by atoms with E-state index in [1.165, 1.54) is 12.1 Å². The first-order valence-electron chi connectivity index (χ1n) is 7.83. The fraction of sp³-hybridized carbons (Fsp3) is 0.263. The van der Waals surface area contributed by atoms with Crippen LogP contribution in [0.25, 0.3) is 0 Å². The van der Waals surface area contributed by atoms with E-state index in [2.05, 4.69) is 15.9 Å². The van der Waals surface area contributed by atoms with Crippen LogP contribution in [0.2, 0.25) is 0 Å². The predicted molar refractivity (Wildman–Crippen MR) is 91.7 cm³/mol. The van der Waals surface area contributed by atoms with Crippen LogP contribution in [0.4, 0.5) is 13.2 Å². The predicted octanol–water partition coefficient (Wildman–Crippen LogP) is 4.91. The van der Waals surface area contributed by atoms with Gasteiger partial charge in [-0.25, -0.2) is 0 Å². The maximum atomic E-state index is 13.6. The molecule has 0 radical (unpaired) electrons. The highest BCUT2D eigenvalue weighted by Gasteiger charge is 2.76. The molecule has 1 aliphatic carbocycles. The summed E-state index contributed by atoms with van der Waals surface area (Å²) in [4.78, 5) is 24.3. The maximum absolute atomic E-state index is 13.6. The van der Waals surface area contributed by atoms with Crippen molar-refractivity contribution in [1.29, 1.82) is 0 Å². The van der Waals surface area contributed by atoms with Gasteiger partial charge in [-0.1, -0.05) is 58.4 Å². The lowest BCUT2D eigenvalue weighted by Gasteiger charge is -2.19. The van der Waals surface area contributed by atoms with Crippen LogP contribution < -0.4 is 0 Å². The van der Waals surface area contributed by atoms with Crippen LogP contribution in [-0.2, 0) is 9.53 Å². The number of hydrogen-bond donors (Lipinski definition) is 0. The lowest BCUT2D eigenvalue weighted by molar-refractivity contribution is -0.207. The summed E-state index contributed by atoms with van der Waals surface area (Å²) in [6.45, 7) is -0.722. The van der Waals surface area contributed by atoms with E-state index in [4.69, 9.17) is 4.74 Å². The number of carbonyl (C=O) groups is 2. The molecule has 2 atom stereocenters. The molecule has 0 spiro atoms. The molecule has 0 aromatic heterocycles. The van der Waals surface area contributed by atoms with E-state index in [0.717, 1.165) is 4.47 Å². The molecule has 136 valence electrons. The maximum Gasteiger partial charge on any atom is 0.405 e. The van der Waals surface area contributed by atoms with Gasteiger partial charge in [0.1, 0.15) is 0 Å². The molecular formula is C19H14BrF3O3. The van der Waals surface area contributed by atoms with Gasteiger partial charge in [0.2, 0.25) is 0 Å². The number of hydrogen-bond acceptors (Lipinski definition) is 3. The van der Waals surface area contributed by atoms with E-state index in [-0.39, 0.29) is 12.0 Å². The Hall–Kier alpha value is -2.15. The Morgan fingerprint density at radius 2 is 1.69 bits per heavy atom. The Balaban J connectivity index is 1.72. The van der Waals surface area contributed by atoms with E-state index >= 15 is 0 Å². The summed E-state index contributed by atoms with van der Waals surface area (Å²) in [5.41, 5.74) is -1.88. The summed E-state index contributed by atoms with van der Waals surface area (Å²) >= 11 is 3.22. The zero-order valence-corrected chi connectivity index (χ0v) is 15.0. The van der Waals surface area contributed by atoms with Crippen LogP contribution in [0.3, 0.4) is 0 Å². The molecule has 0 N–H and O–H groups in total. The average molecular weight is 427 g/mol. The Bertz CT molecular complexity index is 818. The van der Waals surface area contributed by atoms with Gasteiger partial charge < -0.3 is 4.74 Å². The van der Waals surface area contributed by atoms with Crippen LogP contribution in [0.15, 0.2) is 59.1 Å². The van der Waals surface area contributed by atoms with E-state index in [0.29, 0.717) is 5.56 Å². The summed E-state index contributed by atoms with van der Waals surface area (Å²) in [6, 6.07) is 14.3. The Morgan fingerprint density at radius 3 is 2.27 bits per heavy atom. The standard InChI is InChI=1S/C19H14BrF3O3/c20-14-8-6-13(7-9-14)16(24)11-26-17(25)18(19(21,22)23)10-15(18)12-4-2-1-3-5-12/h1-9,15H,10-11H2/t15-,18-/m0/s1. The van der Waals surface area contributed by atoms with Crippen molar-refractivity contribution in [3.05, 3.63) is 70.2 Å². The van der Waals surface area contributed by atoms with Gasteiger partial charge in [0.05, 0.1) is 0 Å². The van der Waals surface area contributed by atoms with Gasteiger partial charge in [-0.2, -0.15) is 13.2 Å². The highest BCUT2D eigenvalue weighted by Crippen LogP contribution is 2.68. The molecule has 1 fully saturated rings. The van der Waals surface area contributed by atoms with Gasteiger partial charge in [0.15, 0.2) is 17.8 Å². The highest BCUT2D eigenvalue weighted by atomic mass is 79.9. The summed E-state index contributed by atoms with van der Waals surface area (Å²) in [6.07, 6.45) is -5.11. The monoisotopic (exact) mass is 426 g/mol. The quantitative estimate of drug-likeness (QED) is 0.503. The third kappa shape index (κ3) is 3.40. The van der Waals surface area contributed by atoms with Crippen molar-refractivity contribution in [2.24, 2.45) is 5.41 Å². The summed E-state index contributed by atoms with van der Waals surface area (Å²) in [5.74, 6) is -2.94. The summed E-state index contributed by atoms with van der Waals surface area (Å²) in [7, 11) is 0. The molecule has 0 amide bonds. The second-order valence-corrected chi connectivity index (χ2v) is 7.06. The van der Waals surface area contributed by atoms with E-state index < -0.39 is 35.9 Å². The fourth-order valence-electron chi connectivity index (χ4n) is 2.98. The molecular weight excluding hydrogens is 413 g/mol. The number of alkyl halides is 3. The minimum Gasteiger partial charge on any atom is -0.457 e. The van der Waals surface area contributed by atoms with Crippen LogP contribution in [0, 0.1) is 5.41 Å². The van der Waals surface area contributed by atoms with Crippen LogP contribution in [0.5, 0.6) is 0 Å². The lowest BCUT2D eigenvalue weighted by Crippen LogP contribution is -2.36. The first-order chi connectivity index (χ1) is 12.3. The van der Waals surface area contributed by atoms with Crippen LogP contribution >= 0.6 is 15.9 Å². The SMILES string of the molecule is O=C(COC(=O)[C@]1(C(F)(F)F)C[C@H]1c1ccccc1)c1ccc(Br)cc1. The van der Waals surface area contributed by atoms with Crippen molar-refractivity contribution >= 4 is 27.7 Å². The van der Waals surface area contributed by atoms with E-state index in [9.17, 15) is 22.8 Å². The normalized spacial score (nSPS) is 21.9. The number of ketones is 1. The summed E-state index contributed by atoms with van der Waals surface area (Å²) in [5, 5.41) is 0. The molecule has 2 aromatic carbocycles. The van der Waals surface area contributed by atoms with E-state index in [1.54, 1.807) is 42.5 Å². The Kier molecular flexibility index (Phi) is 4.92. The summed E-state index contributed by atoms with van der Waals surface area (Å²) < 4.78 is 46.3. The molecule has 0 saturated heterocycles. The van der Waals surface area contributed by atoms with Crippen LogP contribution in [-0.4, -0.2) is 24.5 Å². The molecule has 0 aliphatic heterocycles. The van der Waals surface area contributed by atoms with Crippen molar-refractivity contribution in [1.82, 2.24) is 0 Å². The minimum atomic E-state index is -4.74. The van der Waals surface area contributed by atoms with E-state index in [1.807, 2.05) is 0 Å².